The molecule has 2 rings (SSSR count). The van der Waals surface area contributed by atoms with Crippen LogP contribution in [0.25, 0.3) is 0 Å². The molecular weight excluding hydrogens is 272 g/mol. The molecule has 0 aliphatic heterocycles. The first-order valence-electron chi connectivity index (χ1n) is 6.10. The van der Waals surface area contributed by atoms with Gasteiger partial charge in [-0.15, -0.1) is 11.8 Å². The number of carbonyl (C=O) groups excluding carboxylic acids is 1. The van der Waals surface area contributed by atoms with Gasteiger partial charge in [-0.1, -0.05) is 0 Å². The van der Waals surface area contributed by atoms with Crippen LogP contribution in [0.1, 0.15) is 15.9 Å². The van der Waals surface area contributed by atoms with Crippen molar-refractivity contribution < 1.29 is 14.3 Å². The van der Waals surface area contributed by atoms with E-state index >= 15 is 0 Å². The molecule has 0 N–H and O–H groups in total. The lowest BCUT2D eigenvalue weighted by atomic mass is 10.0. The number of hydrogen-bond acceptors (Lipinski definition) is 4. The first kappa shape index (κ1) is 14.5. The maximum absolute atomic E-state index is 12.5. The van der Waals surface area contributed by atoms with Crippen LogP contribution in [-0.2, 0) is 0 Å². The summed E-state index contributed by atoms with van der Waals surface area (Å²) in [6, 6.07) is 12.7. The van der Waals surface area contributed by atoms with Gasteiger partial charge >= 0.3 is 0 Å². The summed E-state index contributed by atoms with van der Waals surface area (Å²) in [4.78, 5) is 13.6. The Morgan fingerprint density at radius 2 is 1.70 bits per heavy atom. The van der Waals surface area contributed by atoms with Gasteiger partial charge in [-0.3, -0.25) is 4.79 Å². The summed E-state index contributed by atoms with van der Waals surface area (Å²) in [5.41, 5.74) is 1.18. The van der Waals surface area contributed by atoms with E-state index in [0.29, 0.717) is 22.6 Å². The van der Waals surface area contributed by atoms with Crippen LogP contribution in [0.4, 0.5) is 0 Å². The monoisotopic (exact) mass is 288 g/mol. The minimum atomic E-state index is -0.0582. The van der Waals surface area contributed by atoms with Crippen molar-refractivity contribution in [3.05, 3.63) is 53.6 Å². The molecule has 0 radical (unpaired) electrons. The van der Waals surface area contributed by atoms with E-state index < -0.39 is 0 Å². The Kier molecular flexibility index (Phi) is 4.69. The molecule has 0 bridgehead atoms. The lowest BCUT2D eigenvalue weighted by Crippen LogP contribution is -2.04. The number of methoxy groups -OCH3 is 2. The number of ketones is 1. The van der Waals surface area contributed by atoms with Crippen LogP contribution in [0.5, 0.6) is 11.5 Å². The molecule has 4 heteroatoms. The molecule has 0 saturated heterocycles. The van der Waals surface area contributed by atoms with Crippen molar-refractivity contribution in [2.24, 2.45) is 0 Å². The highest BCUT2D eigenvalue weighted by Gasteiger charge is 2.15. The zero-order valence-corrected chi connectivity index (χ0v) is 12.5. The summed E-state index contributed by atoms with van der Waals surface area (Å²) in [6.07, 6.45) is 2.00. The number of benzene rings is 2. The van der Waals surface area contributed by atoms with Gasteiger partial charge in [0.05, 0.1) is 19.8 Å². The van der Waals surface area contributed by atoms with Gasteiger partial charge in [-0.25, -0.2) is 0 Å². The second kappa shape index (κ2) is 6.48. The second-order valence-electron chi connectivity index (χ2n) is 4.12. The highest BCUT2D eigenvalue weighted by Crippen LogP contribution is 2.27. The summed E-state index contributed by atoms with van der Waals surface area (Å²) in [5, 5.41) is 0. The number of hydrogen-bond donors (Lipinski definition) is 0. The van der Waals surface area contributed by atoms with E-state index in [1.165, 1.54) is 0 Å². The van der Waals surface area contributed by atoms with Crippen LogP contribution in [0.2, 0.25) is 0 Å². The zero-order chi connectivity index (χ0) is 14.5. The summed E-state index contributed by atoms with van der Waals surface area (Å²) < 4.78 is 10.4. The van der Waals surface area contributed by atoms with Gasteiger partial charge in [0.1, 0.15) is 11.5 Å². The predicted octanol–water partition coefficient (Wildman–Crippen LogP) is 3.66. The Morgan fingerprint density at radius 1 is 1.00 bits per heavy atom. The van der Waals surface area contributed by atoms with Gasteiger partial charge in [0.25, 0.3) is 0 Å². The molecule has 0 saturated carbocycles. The quantitative estimate of drug-likeness (QED) is 0.621. The molecule has 2 aromatic carbocycles. The maximum atomic E-state index is 12.5. The van der Waals surface area contributed by atoms with Crippen LogP contribution >= 0.6 is 11.8 Å². The van der Waals surface area contributed by atoms with Gasteiger partial charge in [0, 0.05) is 16.5 Å². The standard InChI is InChI=1S/C16H16O3S/c1-18-12-6-9-14(15(10-12)19-2)16(17)11-4-7-13(20-3)8-5-11/h4-10H,1-3H3. The van der Waals surface area contributed by atoms with Crippen molar-refractivity contribution in [3.8, 4) is 11.5 Å². The molecule has 0 aromatic heterocycles. The lowest BCUT2D eigenvalue weighted by molar-refractivity contribution is 0.103. The topological polar surface area (TPSA) is 35.5 Å². The van der Waals surface area contributed by atoms with E-state index in [-0.39, 0.29) is 5.78 Å². The molecule has 20 heavy (non-hydrogen) atoms. The average Bonchev–Trinajstić information content (AvgIpc) is 2.53. The summed E-state index contributed by atoms with van der Waals surface area (Å²) >= 11 is 1.65. The van der Waals surface area contributed by atoms with Crippen molar-refractivity contribution in [3.63, 3.8) is 0 Å². The normalized spacial score (nSPS) is 10.2. The third kappa shape index (κ3) is 2.96. The molecular formula is C16H16O3S. The molecule has 0 fully saturated rings. The Bertz CT molecular complexity index is 606. The van der Waals surface area contributed by atoms with E-state index in [4.69, 9.17) is 9.47 Å². The van der Waals surface area contributed by atoms with Crippen molar-refractivity contribution in [2.75, 3.05) is 20.5 Å². The number of carbonyl (C=O) groups is 1. The highest BCUT2D eigenvalue weighted by atomic mass is 32.2. The van der Waals surface area contributed by atoms with Crippen LogP contribution < -0.4 is 9.47 Å². The van der Waals surface area contributed by atoms with E-state index in [1.807, 2.05) is 30.5 Å². The molecule has 2 aromatic rings. The van der Waals surface area contributed by atoms with E-state index in [2.05, 4.69) is 0 Å². The first-order chi connectivity index (χ1) is 9.69. The number of rotatable bonds is 5. The first-order valence-corrected chi connectivity index (χ1v) is 7.33. The van der Waals surface area contributed by atoms with Gasteiger partial charge in [0.2, 0.25) is 0 Å². The molecule has 0 aliphatic carbocycles. The fraction of sp³-hybridized carbons (Fsp3) is 0.188. The predicted molar refractivity (Wildman–Crippen MR) is 81.2 cm³/mol. The van der Waals surface area contributed by atoms with Crippen molar-refractivity contribution in [2.45, 2.75) is 4.90 Å². The minimum Gasteiger partial charge on any atom is -0.497 e. The van der Waals surface area contributed by atoms with E-state index in [9.17, 15) is 4.79 Å². The smallest absolute Gasteiger partial charge is 0.196 e. The van der Waals surface area contributed by atoms with E-state index in [0.717, 1.165) is 4.90 Å². The maximum Gasteiger partial charge on any atom is 0.196 e. The second-order valence-corrected chi connectivity index (χ2v) is 5.00. The molecule has 0 atom stereocenters. The van der Waals surface area contributed by atoms with Crippen LogP contribution in [0.15, 0.2) is 47.4 Å². The molecule has 0 aliphatic rings. The largest absolute Gasteiger partial charge is 0.497 e. The summed E-state index contributed by atoms with van der Waals surface area (Å²) in [7, 11) is 3.12. The highest BCUT2D eigenvalue weighted by molar-refractivity contribution is 7.98. The van der Waals surface area contributed by atoms with Gasteiger partial charge in [-0.05, 0) is 42.7 Å². The fourth-order valence-electron chi connectivity index (χ4n) is 1.88. The lowest BCUT2D eigenvalue weighted by Gasteiger charge is -2.10. The Hall–Kier alpha value is -1.94. The average molecular weight is 288 g/mol. The number of thioether (sulfide) groups is 1. The minimum absolute atomic E-state index is 0.0582. The van der Waals surface area contributed by atoms with Crippen LogP contribution in [0.3, 0.4) is 0 Å². The molecule has 104 valence electrons. The van der Waals surface area contributed by atoms with Gasteiger partial charge < -0.3 is 9.47 Å². The fourth-order valence-corrected chi connectivity index (χ4v) is 2.29. The van der Waals surface area contributed by atoms with Crippen LogP contribution in [0, 0.1) is 0 Å². The third-order valence-electron chi connectivity index (χ3n) is 3.01. The van der Waals surface area contributed by atoms with E-state index in [1.54, 1.807) is 44.2 Å². The van der Waals surface area contributed by atoms with Gasteiger partial charge in [0.15, 0.2) is 5.78 Å². The Labute approximate surface area is 122 Å². The molecule has 0 heterocycles. The Morgan fingerprint density at radius 3 is 2.25 bits per heavy atom. The van der Waals surface area contributed by atoms with Crippen LogP contribution in [-0.4, -0.2) is 26.3 Å². The SMILES string of the molecule is COc1ccc(C(=O)c2ccc(SC)cc2)c(OC)c1. The summed E-state index contributed by atoms with van der Waals surface area (Å²) in [5.74, 6) is 1.12. The summed E-state index contributed by atoms with van der Waals surface area (Å²) in [6.45, 7) is 0. The van der Waals surface area contributed by atoms with Crippen molar-refractivity contribution in [1.29, 1.82) is 0 Å². The molecule has 0 spiro atoms. The zero-order valence-electron chi connectivity index (χ0n) is 11.7. The third-order valence-corrected chi connectivity index (χ3v) is 3.75. The van der Waals surface area contributed by atoms with Gasteiger partial charge in [-0.2, -0.15) is 0 Å². The molecule has 0 unspecified atom stereocenters. The molecule has 3 nitrogen and oxygen atoms in total. The number of ether oxygens (including phenoxy) is 2. The van der Waals surface area contributed by atoms with Crippen molar-refractivity contribution >= 4 is 17.5 Å². The van der Waals surface area contributed by atoms with Crippen molar-refractivity contribution in [1.82, 2.24) is 0 Å². The molecule has 0 amide bonds. The Balaban J connectivity index is 2.36.